The Balaban J connectivity index is 2.17. The summed E-state index contributed by atoms with van der Waals surface area (Å²) in [5, 5.41) is 0. The van der Waals surface area contributed by atoms with Gasteiger partial charge in [-0.3, -0.25) is 14.5 Å². The summed E-state index contributed by atoms with van der Waals surface area (Å²) in [5.41, 5.74) is 0. The average Bonchev–Trinajstić information content (AvgIpc) is 2.48. The van der Waals surface area contributed by atoms with Gasteiger partial charge in [0.2, 0.25) is 0 Å². The summed E-state index contributed by atoms with van der Waals surface area (Å²) in [6.07, 6.45) is 10.9. The Morgan fingerprint density at radius 1 is 1.15 bits per heavy atom. The normalized spacial score (nSPS) is 26.2. The van der Waals surface area contributed by atoms with E-state index >= 15 is 0 Å². The zero-order chi connectivity index (χ0) is 9.26. The Morgan fingerprint density at radius 3 is 2.38 bits per heavy atom. The molecule has 0 N–H and O–H groups in total. The maximum absolute atomic E-state index is 11.2. The lowest BCUT2D eigenvalue weighted by atomic mass is 10.1. The predicted molar refractivity (Wildman–Crippen MR) is 47.7 cm³/mol. The van der Waals surface area contributed by atoms with Crippen molar-refractivity contribution in [1.29, 1.82) is 0 Å². The summed E-state index contributed by atoms with van der Waals surface area (Å²) in [6, 6.07) is -0.0972. The molecule has 2 rings (SSSR count). The summed E-state index contributed by atoms with van der Waals surface area (Å²) < 4.78 is 0. The lowest BCUT2D eigenvalue weighted by Gasteiger charge is -2.23. The molecule has 66 valence electrons. The first-order chi connectivity index (χ1) is 6.29. The quantitative estimate of drug-likeness (QED) is 0.553. The molecule has 1 aliphatic heterocycles. The van der Waals surface area contributed by atoms with Gasteiger partial charge in [0.25, 0.3) is 11.8 Å². The fraction of sp³-hybridized carbons (Fsp3) is 0.200. The van der Waals surface area contributed by atoms with Crippen LogP contribution in [0.15, 0.2) is 36.5 Å². The molecule has 0 fully saturated rings. The molecular formula is C10H9NO2. The Labute approximate surface area is 76.0 Å². The van der Waals surface area contributed by atoms with Gasteiger partial charge in [0.1, 0.15) is 0 Å². The first-order valence-electron chi connectivity index (χ1n) is 4.17. The Hall–Kier alpha value is -1.64. The zero-order valence-corrected chi connectivity index (χ0v) is 7.01. The number of allylic oxidation sites excluding steroid dienone is 2. The molecule has 2 aliphatic rings. The molecule has 1 aliphatic carbocycles. The molecular weight excluding hydrogens is 166 g/mol. The van der Waals surface area contributed by atoms with Crippen LogP contribution < -0.4 is 0 Å². The van der Waals surface area contributed by atoms with Crippen molar-refractivity contribution in [2.45, 2.75) is 12.5 Å². The molecule has 0 radical (unpaired) electrons. The van der Waals surface area contributed by atoms with E-state index in [0.717, 1.165) is 6.42 Å². The molecule has 0 spiro atoms. The van der Waals surface area contributed by atoms with Crippen molar-refractivity contribution in [2.75, 3.05) is 0 Å². The maximum atomic E-state index is 11.2. The van der Waals surface area contributed by atoms with Crippen LogP contribution >= 0.6 is 0 Å². The van der Waals surface area contributed by atoms with Gasteiger partial charge in [-0.2, -0.15) is 0 Å². The molecule has 2 amide bonds. The average molecular weight is 175 g/mol. The van der Waals surface area contributed by atoms with Gasteiger partial charge in [-0.1, -0.05) is 24.3 Å². The minimum Gasteiger partial charge on any atom is -0.269 e. The fourth-order valence-electron chi connectivity index (χ4n) is 1.50. The molecule has 1 atom stereocenters. The molecule has 0 aromatic carbocycles. The van der Waals surface area contributed by atoms with E-state index in [1.807, 2.05) is 24.3 Å². The van der Waals surface area contributed by atoms with Gasteiger partial charge in [0.05, 0.1) is 6.04 Å². The maximum Gasteiger partial charge on any atom is 0.254 e. The smallest absolute Gasteiger partial charge is 0.254 e. The molecule has 1 unspecified atom stereocenters. The molecule has 0 saturated heterocycles. The Kier molecular flexibility index (Phi) is 1.85. The van der Waals surface area contributed by atoms with E-state index in [9.17, 15) is 9.59 Å². The van der Waals surface area contributed by atoms with Crippen molar-refractivity contribution >= 4 is 11.8 Å². The van der Waals surface area contributed by atoms with Crippen LogP contribution in [0.4, 0.5) is 0 Å². The summed E-state index contributed by atoms with van der Waals surface area (Å²) in [7, 11) is 0. The SMILES string of the molecule is O=C1C=CC(=O)N1C1C=CC=CC1. The third kappa shape index (κ3) is 1.33. The van der Waals surface area contributed by atoms with Crippen molar-refractivity contribution in [3.05, 3.63) is 36.5 Å². The molecule has 0 aromatic heterocycles. The largest absolute Gasteiger partial charge is 0.269 e. The van der Waals surface area contributed by atoms with Crippen LogP contribution in [0.5, 0.6) is 0 Å². The van der Waals surface area contributed by atoms with Crippen LogP contribution in [0.25, 0.3) is 0 Å². The number of hydrogen-bond acceptors (Lipinski definition) is 2. The molecule has 0 saturated carbocycles. The predicted octanol–water partition coefficient (Wildman–Crippen LogP) is 0.796. The number of imide groups is 1. The highest BCUT2D eigenvalue weighted by Gasteiger charge is 2.29. The summed E-state index contributed by atoms with van der Waals surface area (Å²) in [6.45, 7) is 0. The zero-order valence-electron chi connectivity index (χ0n) is 7.01. The lowest BCUT2D eigenvalue weighted by molar-refractivity contribution is -0.138. The number of carbonyl (C=O) groups excluding carboxylic acids is 2. The van der Waals surface area contributed by atoms with Gasteiger partial charge >= 0.3 is 0 Å². The second-order valence-electron chi connectivity index (χ2n) is 3.00. The summed E-state index contributed by atoms with van der Waals surface area (Å²) >= 11 is 0. The number of hydrogen-bond donors (Lipinski definition) is 0. The van der Waals surface area contributed by atoms with Crippen molar-refractivity contribution in [3.8, 4) is 0 Å². The van der Waals surface area contributed by atoms with Crippen molar-refractivity contribution in [2.24, 2.45) is 0 Å². The van der Waals surface area contributed by atoms with Gasteiger partial charge in [-0.15, -0.1) is 0 Å². The van der Waals surface area contributed by atoms with Crippen molar-refractivity contribution in [1.82, 2.24) is 4.90 Å². The van der Waals surface area contributed by atoms with Crippen molar-refractivity contribution in [3.63, 3.8) is 0 Å². The molecule has 0 bridgehead atoms. The topological polar surface area (TPSA) is 37.4 Å². The standard InChI is InChI=1S/C10H9NO2/c12-9-6-7-10(13)11(9)8-4-2-1-3-5-8/h1-4,6-8H,5H2. The fourth-order valence-corrected chi connectivity index (χ4v) is 1.50. The molecule has 3 nitrogen and oxygen atoms in total. The third-order valence-electron chi connectivity index (χ3n) is 2.13. The van der Waals surface area contributed by atoms with E-state index in [0.29, 0.717) is 0 Å². The van der Waals surface area contributed by atoms with E-state index in [-0.39, 0.29) is 17.9 Å². The van der Waals surface area contributed by atoms with E-state index < -0.39 is 0 Å². The van der Waals surface area contributed by atoms with Crippen LogP contribution in [0.1, 0.15) is 6.42 Å². The van der Waals surface area contributed by atoms with Gasteiger partial charge in [0, 0.05) is 12.2 Å². The first kappa shape index (κ1) is 7.98. The number of amides is 2. The molecule has 13 heavy (non-hydrogen) atoms. The van der Waals surface area contributed by atoms with Crippen LogP contribution in [-0.4, -0.2) is 22.8 Å². The van der Waals surface area contributed by atoms with Crippen LogP contribution in [0, 0.1) is 0 Å². The second kappa shape index (κ2) is 3.01. The van der Waals surface area contributed by atoms with Crippen LogP contribution in [0.3, 0.4) is 0 Å². The van der Waals surface area contributed by atoms with E-state index in [1.54, 1.807) is 0 Å². The Morgan fingerprint density at radius 2 is 1.85 bits per heavy atom. The lowest BCUT2D eigenvalue weighted by Crippen LogP contribution is -2.38. The van der Waals surface area contributed by atoms with E-state index in [2.05, 4.69) is 0 Å². The Bertz CT molecular complexity index is 321. The van der Waals surface area contributed by atoms with Crippen LogP contribution in [0.2, 0.25) is 0 Å². The van der Waals surface area contributed by atoms with Gasteiger partial charge < -0.3 is 0 Å². The number of nitrogens with zero attached hydrogens (tertiary/aromatic N) is 1. The first-order valence-corrected chi connectivity index (χ1v) is 4.17. The molecule has 0 aromatic rings. The number of carbonyl (C=O) groups is 2. The van der Waals surface area contributed by atoms with Gasteiger partial charge in [-0.05, 0) is 6.42 Å². The molecule has 3 heteroatoms. The monoisotopic (exact) mass is 175 g/mol. The summed E-state index contributed by atoms with van der Waals surface area (Å²) in [5.74, 6) is -0.426. The van der Waals surface area contributed by atoms with Crippen molar-refractivity contribution < 1.29 is 9.59 Å². The highest BCUT2D eigenvalue weighted by Crippen LogP contribution is 2.16. The third-order valence-corrected chi connectivity index (χ3v) is 2.13. The molecule has 1 heterocycles. The second-order valence-corrected chi connectivity index (χ2v) is 3.00. The van der Waals surface area contributed by atoms with E-state index in [1.165, 1.54) is 17.1 Å². The highest BCUT2D eigenvalue weighted by atomic mass is 16.2. The van der Waals surface area contributed by atoms with Crippen LogP contribution in [-0.2, 0) is 9.59 Å². The highest BCUT2D eigenvalue weighted by molar-refractivity contribution is 6.13. The van der Waals surface area contributed by atoms with E-state index in [4.69, 9.17) is 0 Å². The van der Waals surface area contributed by atoms with Gasteiger partial charge in [0.15, 0.2) is 0 Å². The number of rotatable bonds is 1. The summed E-state index contributed by atoms with van der Waals surface area (Å²) in [4.78, 5) is 23.8. The minimum atomic E-state index is -0.213. The minimum absolute atomic E-state index is 0.0972. The van der Waals surface area contributed by atoms with Gasteiger partial charge in [-0.25, -0.2) is 0 Å².